The molecule has 4 rings (SSSR count). The topological polar surface area (TPSA) is 73.4 Å². The number of ether oxygens (including phenoxy) is 1. The van der Waals surface area contributed by atoms with Crippen molar-refractivity contribution in [2.75, 3.05) is 13.7 Å². The third kappa shape index (κ3) is 3.93. The Kier molecular flexibility index (Phi) is 5.81. The van der Waals surface area contributed by atoms with E-state index in [1.807, 2.05) is 59.3 Å². The highest BCUT2D eigenvalue weighted by Gasteiger charge is 2.23. The van der Waals surface area contributed by atoms with E-state index in [0.29, 0.717) is 18.1 Å². The first kappa shape index (κ1) is 20.1. The van der Waals surface area contributed by atoms with E-state index in [1.165, 1.54) is 0 Å². The van der Waals surface area contributed by atoms with Crippen molar-refractivity contribution in [1.29, 1.82) is 0 Å². The van der Waals surface area contributed by atoms with Crippen LogP contribution < -0.4 is 5.32 Å². The molecule has 0 bridgehead atoms. The van der Waals surface area contributed by atoms with Gasteiger partial charge in [0.15, 0.2) is 11.5 Å². The molecule has 7 heteroatoms. The number of hydrogen-bond donors (Lipinski definition) is 1. The average Bonchev–Trinajstić information content (AvgIpc) is 3.35. The van der Waals surface area contributed by atoms with Crippen LogP contribution in [-0.2, 0) is 11.3 Å². The maximum absolute atomic E-state index is 13.3. The van der Waals surface area contributed by atoms with Crippen molar-refractivity contribution < 1.29 is 9.53 Å². The summed E-state index contributed by atoms with van der Waals surface area (Å²) < 4.78 is 9.24. The van der Waals surface area contributed by atoms with Crippen LogP contribution in [0.3, 0.4) is 0 Å². The van der Waals surface area contributed by atoms with Gasteiger partial charge in [0.25, 0.3) is 5.91 Å². The summed E-state index contributed by atoms with van der Waals surface area (Å²) in [5.41, 5.74) is 2.45. The first-order chi connectivity index (χ1) is 14.6. The van der Waals surface area contributed by atoms with E-state index in [0.717, 1.165) is 35.3 Å². The van der Waals surface area contributed by atoms with Crippen LogP contribution in [0.4, 0.5) is 0 Å². The molecular weight excluding hydrogens is 378 g/mol. The second-order valence-electron chi connectivity index (χ2n) is 7.88. The van der Waals surface area contributed by atoms with Gasteiger partial charge in [-0.15, -0.1) is 10.2 Å². The Labute approximate surface area is 175 Å². The lowest BCUT2D eigenvalue weighted by Gasteiger charge is -2.19. The Bertz CT molecular complexity index is 1160. The lowest BCUT2D eigenvalue weighted by molar-refractivity contribution is 0.0931. The van der Waals surface area contributed by atoms with Gasteiger partial charge in [-0.25, -0.2) is 0 Å². The maximum Gasteiger partial charge on any atom is 0.252 e. The normalized spacial score (nSPS) is 12.7. The zero-order valence-electron chi connectivity index (χ0n) is 17.6. The second-order valence-corrected chi connectivity index (χ2v) is 7.88. The van der Waals surface area contributed by atoms with Crippen molar-refractivity contribution in [1.82, 2.24) is 24.5 Å². The van der Waals surface area contributed by atoms with Gasteiger partial charge in [0.2, 0.25) is 0 Å². The Morgan fingerprint density at radius 3 is 2.77 bits per heavy atom. The molecule has 0 aliphatic rings. The van der Waals surface area contributed by atoms with Crippen LogP contribution in [0, 0.1) is 5.92 Å². The zero-order chi connectivity index (χ0) is 21.1. The summed E-state index contributed by atoms with van der Waals surface area (Å²) >= 11 is 0. The van der Waals surface area contributed by atoms with Gasteiger partial charge in [-0.3, -0.25) is 9.20 Å². The van der Waals surface area contributed by atoms with Crippen molar-refractivity contribution in [2.24, 2.45) is 5.92 Å². The second kappa shape index (κ2) is 8.67. The SMILES string of the molecule is COCCn1ccc2c(C(=O)NC(CC(C)C)c3nnc4ccccn34)cccc21. The highest BCUT2D eigenvalue weighted by molar-refractivity contribution is 6.06. The minimum Gasteiger partial charge on any atom is -0.383 e. The summed E-state index contributed by atoms with van der Waals surface area (Å²) in [6, 6.07) is 13.4. The Morgan fingerprint density at radius 1 is 1.10 bits per heavy atom. The van der Waals surface area contributed by atoms with Gasteiger partial charge in [0.05, 0.1) is 12.6 Å². The number of nitrogens with zero attached hydrogens (tertiary/aromatic N) is 4. The van der Waals surface area contributed by atoms with E-state index < -0.39 is 0 Å². The number of carbonyl (C=O) groups excluding carboxylic acids is 1. The molecule has 0 fully saturated rings. The molecule has 0 saturated heterocycles. The van der Waals surface area contributed by atoms with Gasteiger partial charge in [-0.1, -0.05) is 26.0 Å². The first-order valence-corrected chi connectivity index (χ1v) is 10.3. The van der Waals surface area contributed by atoms with Gasteiger partial charge in [0.1, 0.15) is 0 Å². The lowest BCUT2D eigenvalue weighted by atomic mass is 10.0. The number of nitrogens with one attached hydrogen (secondary N) is 1. The fraction of sp³-hybridized carbons (Fsp3) is 0.348. The van der Waals surface area contributed by atoms with E-state index in [1.54, 1.807) is 7.11 Å². The smallest absolute Gasteiger partial charge is 0.252 e. The van der Waals surface area contributed by atoms with Crippen LogP contribution >= 0.6 is 0 Å². The van der Waals surface area contributed by atoms with Crippen molar-refractivity contribution in [3.05, 3.63) is 66.2 Å². The largest absolute Gasteiger partial charge is 0.383 e. The molecule has 4 aromatic rings. The number of pyridine rings is 1. The molecule has 1 aromatic carbocycles. The molecule has 1 atom stereocenters. The molecule has 0 spiro atoms. The van der Waals surface area contributed by atoms with Gasteiger partial charge in [0, 0.05) is 42.5 Å². The molecule has 3 heterocycles. The third-order valence-corrected chi connectivity index (χ3v) is 5.26. The molecule has 0 aliphatic carbocycles. The number of carbonyl (C=O) groups is 1. The zero-order valence-corrected chi connectivity index (χ0v) is 17.6. The number of hydrogen-bond acceptors (Lipinski definition) is 4. The Hall–Kier alpha value is -3.19. The molecule has 1 amide bonds. The number of benzene rings is 1. The van der Waals surface area contributed by atoms with Crippen LogP contribution in [0.2, 0.25) is 0 Å². The van der Waals surface area contributed by atoms with Gasteiger partial charge in [-0.2, -0.15) is 0 Å². The van der Waals surface area contributed by atoms with Crippen LogP contribution in [0.5, 0.6) is 0 Å². The van der Waals surface area contributed by atoms with Gasteiger partial charge in [-0.05, 0) is 42.7 Å². The summed E-state index contributed by atoms with van der Waals surface area (Å²) in [4.78, 5) is 13.3. The monoisotopic (exact) mass is 405 g/mol. The minimum atomic E-state index is -0.235. The number of fused-ring (bicyclic) bond motifs is 2. The van der Waals surface area contributed by atoms with Crippen molar-refractivity contribution in [3.8, 4) is 0 Å². The van der Waals surface area contributed by atoms with E-state index in [-0.39, 0.29) is 11.9 Å². The summed E-state index contributed by atoms with van der Waals surface area (Å²) in [5.74, 6) is 1.03. The fourth-order valence-electron chi connectivity index (χ4n) is 3.84. The molecule has 1 unspecified atom stereocenters. The standard InChI is InChI=1S/C23H27N5O2/c1-16(2)15-19(22-26-25-21-9-4-5-11-28(21)22)24-23(29)18-7-6-8-20-17(18)10-12-27(20)13-14-30-3/h4-12,16,19H,13-15H2,1-3H3,(H,24,29). The van der Waals surface area contributed by atoms with Crippen LogP contribution in [-0.4, -0.2) is 38.8 Å². The molecule has 0 radical (unpaired) electrons. The Morgan fingerprint density at radius 2 is 1.97 bits per heavy atom. The van der Waals surface area contributed by atoms with E-state index in [4.69, 9.17) is 4.74 Å². The fourth-order valence-corrected chi connectivity index (χ4v) is 3.84. The summed E-state index contributed by atoms with van der Waals surface area (Å²) in [7, 11) is 1.69. The summed E-state index contributed by atoms with van der Waals surface area (Å²) in [6.45, 7) is 5.64. The minimum absolute atomic E-state index is 0.108. The molecule has 0 saturated carbocycles. The van der Waals surface area contributed by atoms with Crippen molar-refractivity contribution >= 4 is 22.5 Å². The van der Waals surface area contributed by atoms with Crippen molar-refractivity contribution in [2.45, 2.75) is 32.9 Å². The number of rotatable bonds is 8. The number of amides is 1. The van der Waals surface area contributed by atoms with E-state index in [9.17, 15) is 4.79 Å². The quantitative estimate of drug-likeness (QED) is 0.483. The van der Waals surface area contributed by atoms with Gasteiger partial charge >= 0.3 is 0 Å². The van der Waals surface area contributed by atoms with Gasteiger partial charge < -0.3 is 14.6 Å². The van der Waals surface area contributed by atoms with E-state index >= 15 is 0 Å². The molecule has 3 aromatic heterocycles. The molecule has 0 aliphatic heterocycles. The van der Waals surface area contributed by atoms with Crippen LogP contribution in [0.25, 0.3) is 16.6 Å². The van der Waals surface area contributed by atoms with Crippen LogP contribution in [0.15, 0.2) is 54.9 Å². The Balaban J connectivity index is 1.65. The molecule has 1 N–H and O–H groups in total. The van der Waals surface area contributed by atoms with Crippen molar-refractivity contribution in [3.63, 3.8) is 0 Å². The highest BCUT2D eigenvalue weighted by atomic mass is 16.5. The highest BCUT2D eigenvalue weighted by Crippen LogP contribution is 2.24. The predicted octanol–water partition coefficient (Wildman–Crippen LogP) is 3.85. The average molecular weight is 406 g/mol. The third-order valence-electron chi connectivity index (χ3n) is 5.26. The molecule has 7 nitrogen and oxygen atoms in total. The number of aromatic nitrogens is 4. The molecule has 156 valence electrons. The summed E-state index contributed by atoms with van der Waals surface area (Å²) in [5, 5.41) is 12.8. The first-order valence-electron chi connectivity index (χ1n) is 10.3. The maximum atomic E-state index is 13.3. The molecular formula is C23H27N5O2. The predicted molar refractivity (Wildman–Crippen MR) is 116 cm³/mol. The lowest BCUT2D eigenvalue weighted by Crippen LogP contribution is -2.31. The van der Waals surface area contributed by atoms with E-state index in [2.05, 4.69) is 33.9 Å². The summed E-state index contributed by atoms with van der Waals surface area (Å²) in [6.07, 6.45) is 4.70. The van der Waals surface area contributed by atoms with Crippen LogP contribution in [0.1, 0.15) is 42.5 Å². The number of methoxy groups -OCH3 is 1. The molecule has 30 heavy (non-hydrogen) atoms.